The van der Waals surface area contributed by atoms with Crippen molar-refractivity contribution in [2.24, 2.45) is 4.99 Å². The molecule has 1 N–H and O–H groups in total. The molecule has 0 radical (unpaired) electrons. The Morgan fingerprint density at radius 2 is 2.09 bits per heavy atom. The minimum Gasteiger partial charge on any atom is -0.463 e. The first-order valence-electron chi connectivity index (χ1n) is 10.9. The van der Waals surface area contributed by atoms with Crippen molar-refractivity contribution in [1.82, 2.24) is 15.2 Å². The summed E-state index contributed by atoms with van der Waals surface area (Å²) in [6.45, 7) is 6.89. The van der Waals surface area contributed by atoms with Crippen molar-refractivity contribution in [3.63, 3.8) is 0 Å². The average Bonchev–Trinajstić information content (AvgIpc) is 2.80. The van der Waals surface area contributed by atoms with Crippen molar-refractivity contribution in [3.05, 3.63) is 76.0 Å². The van der Waals surface area contributed by atoms with Crippen LogP contribution in [-0.4, -0.2) is 61.1 Å². The monoisotopic (exact) mass is 472 g/mol. The molecule has 1 aromatic carbocycles. The number of nitrogens with one attached hydrogen (secondary N) is 1. The molecule has 0 saturated carbocycles. The van der Waals surface area contributed by atoms with Crippen LogP contribution in [0.15, 0.2) is 58.9 Å². The van der Waals surface area contributed by atoms with Gasteiger partial charge in [0.1, 0.15) is 17.1 Å². The molecule has 1 aromatic heterocycles. The molecule has 3 heterocycles. The van der Waals surface area contributed by atoms with E-state index in [9.17, 15) is 9.18 Å². The van der Waals surface area contributed by atoms with Gasteiger partial charge in [-0.05, 0) is 38.1 Å². The van der Waals surface area contributed by atoms with Crippen molar-refractivity contribution in [1.29, 1.82) is 0 Å². The van der Waals surface area contributed by atoms with Gasteiger partial charge in [0.2, 0.25) is 0 Å². The third kappa shape index (κ3) is 4.93. The van der Waals surface area contributed by atoms with E-state index in [1.807, 2.05) is 18.2 Å². The number of carbonyl (C=O) groups is 1. The largest absolute Gasteiger partial charge is 0.463 e. The van der Waals surface area contributed by atoms with Gasteiger partial charge in [-0.3, -0.25) is 9.88 Å². The third-order valence-electron chi connectivity index (χ3n) is 5.72. The molecule has 1 atom stereocenters. The summed E-state index contributed by atoms with van der Waals surface area (Å²) in [5.74, 6) is -0.472. The second-order valence-electron chi connectivity index (χ2n) is 7.96. The van der Waals surface area contributed by atoms with E-state index >= 15 is 0 Å². The van der Waals surface area contributed by atoms with Gasteiger partial charge in [-0.1, -0.05) is 23.7 Å². The van der Waals surface area contributed by atoms with Crippen molar-refractivity contribution >= 4 is 23.4 Å². The molecule has 2 aliphatic heterocycles. The summed E-state index contributed by atoms with van der Waals surface area (Å²) in [5, 5.41) is 3.51. The van der Waals surface area contributed by atoms with Crippen LogP contribution in [0.1, 0.15) is 25.1 Å². The van der Waals surface area contributed by atoms with Crippen LogP contribution in [0.25, 0.3) is 0 Å². The molecule has 2 aromatic rings. The van der Waals surface area contributed by atoms with Crippen LogP contribution in [0.3, 0.4) is 0 Å². The highest BCUT2D eigenvalue weighted by Gasteiger charge is 2.43. The summed E-state index contributed by atoms with van der Waals surface area (Å²) < 4.78 is 24.8. The summed E-state index contributed by atoms with van der Waals surface area (Å²) in [6, 6.07) is 9.62. The Kier molecular flexibility index (Phi) is 7.07. The Hall–Kier alpha value is -2.81. The molecular weight excluding hydrogens is 447 g/mol. The molecule has 33 heavy (non-hydrogen) atoms. The first kappa shape index (κ1) is 23.4. The zero-order chi connectivity index (χ0) is 23.4. The zero-order valence-corrected chi connectivity index (χ0v) is 19.4. The molecular formula is C24H26ClFN4O3. The topological polar surface area (TPSA) is 76.0 Å². The second-order valence-corrected chi connectivity index (χ2v) is 8.37. The number of carbonyl (C=O) groups excluding carboxylic acids is 1. The molecule has 9 heteroatoms. The molecule has 2 aliphatic rings. The minimum absolute atomic E-state index is 0.177. The van der Waals surface area contributed by atoms with Crippen molar-refractivity contribution in [2.45, 2.75) is 19.4 Å². The van der Waals surface area contributed by atoms with Gasteiger partial charge in [-0.15, -0.1) is 0 Å². The van der Waals surface area contributed by atoms with Gasteiger partial charge in [-0.2, -0.15) is 0 Å². The summed E-state index contributed by atoms with van der Waals surface area (Å²) >= 11 is 6.49. The SMILES string of the molecule is CCOC(=O)C1=C(CN2CCOCC2)NC(c2ccccn2)=NC1(C)c1ccc(F)cc1Cl. The molecule has 1 saturated heterocycles. The van der Waals surface area contributed by atoms with Gasteiger partial charge in [0.15, 0.2) is 5.84 Å². The van der Waals surface area contributed by atoms with E-state index in [1.165, 1.54) is 12.1 Å². The number of aromatic nitrogens is 1. The van der Waals surface area contributed by atoms with Crippen LogP contribution in [0.2, 0.25) is 5.02 Å². The molecule has 7 nitrogen and oxygen atoms in total. The first-order valence-corrected chi connectivity index (χ1v) is 11.2. The lowest BCUT2D eigenvalue weighted by atomic mass is 9.81. The summed E-state index contributed by atoms with van der Waals surface area (Å²) in [7, 11) is 0. The lowest BCUT2D eigenvalue weighted by Crippen LogP contribution is -2.47. The Bertz CT molecular complexity index is 1090. The van der Waals surface area contributed by atoms with E-state index in [-0.39, 0.29) is 11.6 Å². The second kappa shape index (κ2) is 9.99. The number of hydrogen-bond acceptors (Lipinski definition) is 7. The van der Waals surface area contributed by atoms with Crippen molar-refractivity contribution in [3.8, 4) is 0 Å². The number of benzene rings is 1. The summed E-state index contributed by atoms with van der Waals surface area (Å²) in [6.07, 6.45) is 1.67. The van der Waals surface area contributed by atoms with Crippen LogP contribution in [0.4, 0.5) is 4.39 Å². The van der Waals surface area contributed by atoms with Crippen molar-refractivity contribution in [2.75, 3.05) is 39.5 Å². The normalized spacial score (nSPS) is 21.4. The molecule has 1 fully saturated rings. The number of pyridine rings is 1. The molecule has 4 rings (SSSR count). The lowest BCUT2D eigenvalue weighted by Gasteiger charge is -2.37. The molecule has 0 spiro atoms. The summed E-state index contributed by atoms with van der Waals surface area (Å²) in [4.78, 5) is 24.8. The number of hydrogen-bond donors (Lipinski definition) is 1. The first-order chi connectivity index (χ1) is 15.9. The molecule has 1 unspecified atom stereocenters. The zero-order valence-electron chi connectivity index (χ0n) is 18.6. The molecule has 0 bridgehead atoms. The highest BCUT2D eigenvalue weighted by molar-refractivity contribution is 6.31. The smallest absolute Gasteiger partial charge is 0.338 e. The Labute approximate surface area is 197 Å². The van der Waals surface area contributed by atoms with Crippen LogP contribution in [0.5, 0.6) is 0 Å². The van der Waals surface area contributed by atoms with Gasteiger partial charge < -0.3 is 14.8 Å². The standard InChI is InChI=1S/C24H26ClFN4O3/c1-3-33-23(31)21-20(15-30-10-12-32-13-11-30)28-22(19-6-4-5-9-27-19)29-24(21,2)17-8-7-16(26)14-18(17)25/h4-9,14H,3,10-13,15H2,1-2H3,(H,28,29). The van der Waals surface area contributed by atoms with Crippen LogP contribution < -0.4 is 5.32 Å². The van der Waals surface area contributed by atoms with Gasteiger partial charge in [0.25, 0.3) is 0 Å². The fraction of sp³-hybridized carbons (Fsp3) is 0.375. The number of halogens is 2. The van der Waals surface area contributed by atoms with E-state index in [0.29, 0.717) is 48.1 Å². The Balaban J connectivity index is 1.89. The van der Waals surface area contributed by atoms with Gasteiger partial charge >= 0.3 is 5.97 Å². The van der Waals surface area contributed by atoms with Crippen LogP contribution in [-0.2, 0) is 19.8 Å². The number of esters is 1. The Morgan fingerprint density at radius 1 is 1.30 bits per heavy atom. The van der Waals surface area contributed by atoms with Crippen molar-refractivity contribution < 1.29 is 18.7 Å². The minimum atomic E-state index is -1.23. The predicted molar refractivity (Wildman–Crippen MR) is 124 cm³/mol. The third-order valence-corrected chi connectivity index (χ3v) is 6.03. The predicted octanol–water partition coefficient (Wildman–Crippen LogP) is 3.29. The lowest BCUT2D eigenvalue weighted by molar-refractivity contribution is -0.139. The molecule has 0 aliphatic carbocycles. The molecule has 174 valence electrons. The van der Waals surface area contributed by atoms with E-state index in [2.05, 4.69) is 15.2 Å². The van der Waals surface area contributed by atoms with Gasteiger partial charge in [0, 0.05) is 42.1 Å². The average molecular weight is 473 g/mol. The number of amidine groups is 1. The number of aliphatic imine (C=N–C) groups is 1. The van der Waals surface area contributed by atoms with Crippen LogP contribution >= 0.6 is 11.6 Å². The number of nitrogens with zero attached hydrogens (tertiary/aromatic N) is 3. The number of morpholine rings is 1. The van der Waals surface area contributed by atoms with Gasteiger partial charge in [0.05, 0.1) is 25.4 Å². The van der Waals surface area contributed by atoms with Gasteiger partial charge in [-0.25, -0.2) is 14.2 Å². The van der Waals surface area contributed by atoms with E-state index in [1.54, 1.807) is 26.1 Å². The van der Waals surface area contributed by atoms with Crippen LogP contribution in [0, 0.1) is 5.82 Å². The van der Waals surface area contributed by atoms with E-state index < -0.39 is 17.3 Å². The number of ether oxygens (including phenoxy) is 2. The maximum atomic E-state index is 13.9. The van der Waals surface area contributed by atoms with E-state index in [4.69, 9.17) is 26.1 Å². The highest BCUT2D eigenvalue weighted by atomic mass is 35.5. The fourth-order valence-electron chi connectivity index (χ4n) is 4.14. The fourth-order valence-corrected chi connectivity index (χ4v) is 4.49. The maximum absolute atomic E-state index is 13.9. The highest BCUT2D eigenvalue weighted by Crippen LogP contribution is 2.42. The van der Waals surface area contributed by atoms with E-state index in [0.717, 1.165) is 13.1 Å². The number of rotatable bonds is 6. The maximum Gasteiger partial charge on any atom is 0.338 e. The summed E-state index contributed by atoms with van der Waals surface area (Å²) in [5.41, 5.74) is 0.877. The molecule has 0 amide bonds. The Morgan fingerprint density at radius 3 is 2.76 bits per heavy atom. The quantitative estimate of drug-likeness (QED) is 0.650.